The minimum Gasteiger partial charge on any atom is -0.477 e. The van der Waals surface area contributed by atoms with Gasteiger partial charge in [-0.05, 0) is 24.3 Å². The van der Waals surface area contributed by atoms with E-state index in [2.05, 4.69) is 0 Å². The maximum absolute atomic E-state index is 12.9. The van der Waals surface area contributed by atoms with Gasteiger partial charge >= 0.3 is 18.3 Å². The van der Waals surface area contributed by atoms with Crippen molar-refractivity contribution < 1.29 is 46.0 Å². The van der Waals surface area contributed by atoms with Gasteiger partial charge in [-0.25, -0.2) is 4.79 Å². The molecule has 0 spiro atoms. The average molecular weight is 422 g/mol. The summed E-state index contributed by atoms with van der Waals surface area (Å²) in [6, 6.07) is 2.80. The normalized spacial score (nSPS) is 11.8. The summed E-state index contributed by atoms with van der Waals surface area (Å²) >= 11 is 0. The van der Waals surface area contributed by atoms with Crippen LogP contribution in [0.15, 0.2) is 36.4 Å². The molecular formula is C16H8F6N2O5. The number of carboxylic acids is 1. The van der Waals surface area contributed by atoms with Crippen molar-refractivity contribution >= 4 is 23.3 Å². The van der Waals surface area contributed by atoms with E-state index in [0.717, 1.165) is 18.2 Å². The first-order chi connectivity index (χ1) is 13.2. The number of halogens is 6. The lowest BCUT2D eigenvalue weighted by Crippen LogP contribution is -2.19. The second-order valence-corrected chi connectivity index (χ2v) is 5.51. The molecule has 0 saturated heterocycles. The van der Waals surface area contributed by atoms with E-state index in [1.54, 1.807) is 5.32 Å². The molecule has 0 aromatic heterocycles. The molecule has 2 aromatic rings. The average Bonchev–Trinajstić information content (AvgIpc) is 2.59. The number of nitrogens with one attached hydrogen (secondary N) is 1. The van der Waals surface area contributed by atoms with Gasteiger partial charge in [0.25, 0.3) is 11.6 Å². The maximum Gasteiger partial charge on any atom is 0.416 e. The van der Waals surface area contributed by atoms with Crippen LogP contribution in [0.5, 0.6) is 0 Å². The summed E-state index contributed by atoms with van der Waals surface area (Å²) in [7, 11) is 0. The van der Waals surface area contributed by atoms with E-state index in [4.69, 9.17) is 5.11 Å². The number of hydrogen-bond donors (Lipinski definition) is 2. The molecule has 0 radical (unpaired) electrons. The summed E-state index contributed by atoms with van der Waals surface area (Å²) < 4.78 is 77.3. The number of carbonyl (C=O) groups is 2. The Morgan fingerprint density at radius 2 is 1.48 bits per heavy atom. The third-order valence-electron chi connectivity index (χ3n) is 3.54. The van der Waals surface area contributed by atoms with Gasteiger partial charge in [0.2, 0.25) is 0 Å². The molecule has 13 heteroatoms. The van der Waals surface area contributed by atoms with Gasteiger partial charge in [0.15, 0.2) is 0 Å². The van der Waals surface area contributed by atoms with E-state index in [0.29, 0.717) is 0 Å². The number of carbonyl (C=O) groups excluding carboxylic acids is 1. The smallest absolute Gasteiger partial charge is 0.416 e. The summed E-state index contributed by atoms with van der Waals surface area (Å²) in [6.07, 6.45) is -10.3. The number of alkyl halides is 6. The third kappa shape index (κ3) is 4.80. The molecular weight excluding hydrogens is 414 g/mol. The fourth-order valence-corrected chi connectivity index (χ4v) is 2.33. The van der Waals surface area contributed by atoms with Crippen molar-refractivity contribution in [2.24, 2.45) is 0 Å². The van der Waals surface area contributed by atoms with Crippen LogP contribution in [0.4, 0.5) is 37.7 Å². The van der Waals surface area contributed by atoms with Gasteiger partial charge in [0.1, 0.15) is 5.56 Å². The standard InChI is InChI=1S/C16H8F6N2O5/c17-15(18,19)7-4-8(16(20,21)22)6-9(5-7)23-13(25)10-2-1-3-11(24(28)29)12(10)14(26)27/h1-6H,(H,23,25)(H,26,27). The molecule has 0 heterocycles. The lowest BCUT2D eigenvalue weighted by molar-refractivity contribution is -0.385. The van der Waals surface area contributed by atoms with Gasteiger partial charge in [-0.15, -0.1) is 0 Å². The number of benzene rings is 2. The third-order valence-corrected chi connectivity index (χ3v) is 3.54. The zero-order valence-electron chi connectivity index (χ0n) is 13.8. The van der Waals surface area contributed by atoms with E-state index in [1.807, 2.05) is 0 Å². The molecule has 0 aliphatic carbocycles. The first-order valence-electron chi connectivity index (χ1n) is 7.33. The molecule has 0 aliphatic heterocycles. The van der Waals surface area contributed by atoms with Gasteiger partial charge in [0.05, 0.1) is 21.6 Å². The molecule has 0 unspecified atom stereocenters. The van der Waals surface area contributed by atoms with E-state index < -0.39 is 62.8 Å². The summed E-state index contributed by atoms with van der Waals surface area (Å²) in [4.78, 5) is 33.4. The first-order valence-corrected chi connectivity index (χ1v) is 7.33. The molecule has 0 atom stereocenters. The zero-order chi connectivity index (χ0) is 22.1. The Hall–Kier alpha value is -3.64. The van der Waals surface area contributed by atoms with Gasteiger partial charge in [0, 0.05) is 11.8 Å². The molecule has 1 amide bonds. The molecule has 2 rings (SSSR count). The Morgan fingerprint density at radius 1 is 0.966 bits per heavy atom. The second kappa shape index (κ2) is 7.41. The minimum atomic E-state index is -5.17. The van der Waals surface area contributed by atoms with Gasteiger partial charge in [-0.3, -0.25) is 14.9 Å². The van der Waals surface area contributed by atoms with Crippen molar-refractivity contribution in [3.63, 3.8) is 0 Å². The molecule has 7 nitrogen and oxygen atoms in total. The Kier molecular flexibility index (Phi) is 5.53. The number of hydrogen-bond acceptors (Lipinski definition) is 4. The Labute approximate surface area is 156 Å². The van der Waals surface area contributed by atoms with Crippen LogP contribution in [0.2, 0.25) is 0 Å². The highest BCUT2D eigenvalue weighted by molar-refractivity contribution is 6.12. The van der Waals surface area contributed by atoms with Crippen LogP contribution in [-0.4, -0.2) is 21.9 Å². The number of nitro groups is 1. The highest BCUT2D eigenvalue weighted by Gasteiger charge is 2.37. The summed E-state index contributed by atoms with van der Waals surface area (Å²) in [6.45, 7) is 0. The fourth-order valence-electron chi connectivity index (χ4n) is 2.33. The molecule has 0 bridgehead atoms. The van der Waals surface area contributed by atoms with Crippen molar-refractivity contribution in [3.8, 4) is 0 Å². The Bertz CT molecular complexity index is 968. The van der Waals surface area contributed by atoms with Gasteiger partial charge < -0.3 is 10.4 Å². The molecule has 0 aliphatic rings. The first kappa shape index (κ1) is 21.7. The molecule has 154 valence electrons. The molecule has 0 saturated carbocycles. The molecule has 2 N–H and O–H groups in total. The highest BCUT2D eigenvalue weighted by Crippen LogP contribution is 2.37. The topological polar surface area (TPSA) is 110 Å². The van der Waals surface area contributed by atoms with E-state index >= 15 is 0 Å². The lowest BCUT2D eigenvalue weighted by Gasteiger charge is -2.15. The maximum atomic E-state index is 12.9. The van der Waals surface area contributed by atoms with Crippen LogP contribution < -0.4 is 5.32 Å². The minimum absolute atomic E-state index is 0.161. The quantitative estimate of drug-likeness (QED) is 0.426. The number of nitro benzene ring substituents is 1. The van der Waals surface area contributed by atoms with Gasteiger partial charge in [-0.2, -0.15) is 26.3 Å². The largest absolute Gasteiger partial charge is 0.477 e. The number of anilines is 1. The second-order valence-electron chi connectivity index (χ2n) is 5.51. The SMILES string of the molecule is O=C(Nc1cc(C(F)(F)F)cc(C(F)(F)F)c1)c1cccc([N+](=O)[O-])c1C(=O)O. The van der Waals surface area contributed by atoms with E-state index in [9.17, 15) is 46.0 Å². The number of aromatic carboxylic acids is 1. The van der Waals surface area contributed by atoms with Crippen LogP contribution in [0.1, 0.15) is 31.8 Å². The van der Waals surface area contributed by atoms with Crippen LogP contribution in [0, 0.1) is 10.1 Å². The monoisotopic (exact) mass is 422 g/mol. The molecule has 2 aromatic carbocycles. The summed E-state index contributed by atoms with van der Waals surface area (Å²) in [5.74, 6) is -3.33. The zero-order valence-corrected chi connectivity index (χ0v) is 13.8. The fraction of sp³-hybridized carbons (Fsp3) is 0.125. The van der Waals surface area contributed by atoms with Crippen molar-refractivity contribution in [1.82, 2.24) is 0 Å². The van der Waals surface area contributed by atoms with Crippen LogP contribution in [-0.2, 0) is 12.4 Å². The van der Waals surface area contributed by atoms with Crippen molar-refractivity contribution in [1.29, 1.82) is 0 Å². The predicted octanol–water partition coefficient (Wildman–Crippen LogP) is 4.58. The van der Waals surface area contributed by atoms with E-state index in [-0.39, 0.29) is 18.2 Å². The van der Waals surface area contributed by atoms with Crippen LogP contribution >= 0.6 is 0 Å². The molecule has 0 fully saturated rings. The van der Waals surface area contributed by atoms with Crippen molar-refractivity contribution in [2.75, 3.05) is 5.32 Å². The highest BCUT2D eigenvalue weighted by atomic mass is 19.4. The Morgan fingerprint density at radius 3 is 1.90 bits per heavy atom. The Balaban J connectivity index is 2.55. The number of carboxylic acid groups (broad SMARTS) is 1. The van der Waals surface area contributed by atoms with Crippen LogP contribution in [0.25, 0.3) is 0 Å². The predicted molar refractivity (Wildman–Crippen MR) is 84.5 cm³/mol. The van der Waals surface area contributed by atoms with Crippen molar-refractivity contribution in [3.05, 3.63) is 68.8 Å². The number of nitrogens with zero attached hydrogens (tertiary/aromatic N) is 1. The lowest BCUT2D eigenvalue weighted by atomic mass is 10.0. The van der Waals surface area contributed by atoms with E-state index in [1.165, 1.54) is 0 Å². The van der Waals surface area contributed by atoms with Crippen molar-refractivity contribution in [2.45, 2.75) is 12.4 Å². The summed E-state index contributed by atoms with van der Waals surface area (Å²) in [5, 5.41) is 21.8. The van der Waals surface area contributed by atoms with Gasteiger partial charge in [-0.1, -0.05) is 6.07 Å². The molecule has 29 heavy (non-hydrogen) atoms. The van der Waals surface area contributed by atoms with Crippen LogP contribution in [0.3, 0.4) is 0 Å². The number of amides is 1. The number of rotatable bonds is 4. The summed E-state index contributed by atoms with van der Waals surface area (Å²) in [5.41, 5.74) is -7.22.